The van der Waals surface area contributed by atoms with Gasteiger partial charge in [-0.1, -0.05) is 38.0 Å². The lowest BCUT2D eigenvalue weighted by Crippen LogP contribution is -2.04. The van der Waals surface area contributed by atoms with E-state index in [9.17, 15) is 0 Å². The van der Waals surface area contributed by atoms with Crippen LogP contribution in [0.25, 0.3) is 0 Å². The van der Waals surface area contributed by atoms with Gasteiger partial charge < -0.3 is 11.1 Å². The highest BCUT2D eigenvalue weighted by Gasteiger charge is 2.11. The summed E-state index contributed by atoms with van der Waals surface area (Å²) in [6.07, 6.45) is 4.76. The molecule has 0 spiro atoms. The maximum absolute atomic E-state index is 6.24. The molecule has 0 atom stereocenters. The summed E-state index contributed by atoms with van der Waals surface area (Å²) in [6.45, 7) is 6.52. The fourth-order valence-corrected chi connectivity index (χ4v) is 2.80. The molecule has 2 aromatic carbocycles. The van der Waals surface area contributed by atoms with E-state index in [-0.39, 0.29) is 0 Å². The highest BCUT2D eigenvalue weighted by atomic mass is 14.9. The number of nitrogens with two attached hydrogens (primary N) is 1. The summed E-state index contributed by atoms with van der Waals surface area (Å²) in [5, 5.41) is 3.54. The number of nitrogens with one attached hydrogen (secondary N) is 1. The Balaban J connectivity index is 2.30. The van der Waals surface area contributed by atoms with Crippen LogP contribution in [0.3, 0.4) is 0 Å². The van der Waals surface area contributed by atoms with Crippen LogP contribution >= 0.6 is 0 Å². The minimum absolute atomic E-state index is 0.930. The number of aryl methyl sites for hydroxylation is 1. The van der Waals surface area contributed by atoms with Crippen molar-refractivity contribution in [1.82, 2.24) is 0 Å². The first-order chi connectivity index (χ1) is 10.1. The number of nitrogen functional groups attached to an aromatic ring is 1. The smallest absolute Gasteiger partial charge is 0.0447 e. The van der Waals surface area contributed by atoms with Gasteiger partial charge in [-0.25, -0.2) is 0 Å². The zero-order valence-electron chi connectivity index (χ0n) is 13.4. The molecule has 0 heterocycles. The van der Waals surface area contributed by atoms with Crippen molar-refractivity contribution >= 4 is 17.1 Å². The first-order valence-electron chi connectivity index (χ1n) is 7.84. The van der Waals surface area contributed by atoms with Crippen LogP contribution in [0.5, 0.6) is 0 Å². The molecule has 0 saturated carbocycles. The number of hydrogen-bond donors (Lipinski definition) is 2. The Labute approximate surface area is 128 Å². The molecular formula is C19H26N2. The minimum atomic E-state index is 0.930. The summed E-state index contributed by atoms with van der Waals surface area (Å²) in [5.74, 6) is 0. The van der Waals surface area contributed by atoms with Crippen molar-refractivity contribution in [2.75, 3.05) is 11.1 Å². The van der Waals surface area contributed by atoms with Crippen LogP contribution in [0.2, 0.25) is 0 Å². The van der Waals surface area contributed by atoms with E-state index in [1.807, 2.05) is 18.2 Å². The third-order valence-electron chi connectivity index (χ3n) is 4.02. The fraction of sp³-hybridized carbons (Fsp3) is 0.368. The molecule has 0 aliphatic rings. The summed E-state index contributed by atoms with van der Waals surface area (Å²) >= 11 is 0. The predicted molar refractivity (Wildman–Crippen MR) is 93.3 cm³/mol. The van der Waals surface area contributed by atoms with Gasteiger partial charge in [-0.15, -0.1) is 0 Å². The second-order valence-corrected chi connectivity index (χ2v) is 5.71. The van der Waals surface area contributed by atoms with E-state index in [0.29, 0.717) is 0 Å². The third-order valence-corrected chi connectivity index (χ3v) is 4.02. The van der Waals surface area contributed by atoms with Gasteiger partial charge in [-0.2, -0.15) is 0 Å². The van der Waals surface area contributed by atoms with E-state index in [0.717, 1.165) is 17.8 Å². The second kappa shape index (κ2) is 7.16. The summed E-state index contributed by atoms with van der Waals surface area (Å²) in [6, 6.07) is 12.4. The van der Waals surface area contributed by atoms with Gasteiger partial charge in [0, 0.05) is 17.1 Å². The quantitative estimate of drug-likeness (QED) is 0.552. The highest BCUT2D eigenvalue weighted by Crippen LogP contribution is 2.32. The van der Waals surface area contributed by atoms with Crippen molar-refractivity contribution in [3.63, 3.8) is 0 Å². The molecule has 0 radical (unpaired) electrons. The fourth-order valence-electron chi connectivity index (χ4n) is 2.80. The number of hydrogen-bond acceptors (Lipinski definition) is 2. The van der Waals surface area contributed by atoms with Crippen LogP contribution in [-0.2, 0) is 6.42 Å². The molecule has 21 heavy (non-hydrogen) atoms. The van der Waals surface area contributed by atoms with Gasteiger partial charge >= 0.3 is 0 Å². The molecule has 2 heteroatoms. The van der Waals surface area contributed by atoms with Crippen LogP contribution < -0.4 is 11.1 Å². The molecule has 0 saturated heterocycles. The first kappa shape index (κ1) is 15.4. The minimum Gasteiger partial charge on any atom is -0.398 e. The molecule has 2 nitrogen and oxygen atoms in total. The van der Waals surface area contributed by atoms with E-state index in [1.165, 1.54) is 41.6 Å². The Hall–Kier alpha value is -1.96. The molecular weight excluding hydrogens is 256 g/mol. The van der Waals surface area contributed by atoms with Crippen molar-refractivity contribution < 1.29 is 0 Å². The highest BCUT2D eigenvalue weighted by molar-refractivity contribution is 5.72. The lowest BCUT2D eigenvalue weighted by Gasteiger charge is -2.18. The van der Waals surface area contributed by atoms with Gasteiger partial charge in [0.15, 0.2) is 0 Å². The van der Waals surface area contributed by atoms with Gasteiger partial charge in [-0.05, 0) is 61.6 Å². The van der Waals surface area contributed by atoms with Gasteiger partial charge in [0.2, 0.25) is 0 Å². The lowest BCUT2D eigenvalue weighted by molar-refractivity contribution is 0.716. The monoisotopic (exact) mass is 282 g/mol. The Kier molecular flexibility index (Phi) is 5.26. The van der Waals surface area contributed by atoms with Gasteiger partial charge in [0.1, 0.15) is 0 Å². The molecule has 0 bridgehead atoms. The van der Waals surface area contributed by atoms with Crippen LogP contribution in [0.15, 0.2) is 36.4 Å². The predicted octanol–water partition coefficient (Wildman–Crippen LogP) is 5.36. The third kappa shape index (κ3) is 3.78. The maximum atomic E-state index is 6.24. The molecule has 112 valence electrons. The van der Waals surface area contributed by atoms with Gasteiger partial charge in [0.05, 0.1) is 0 Å². The molecule has 0 aliphatic heterocycles. The summed E-state index contributed by atoms with van der Waals surface area (Å²) in [4.78, 5) is 0. The van der Waals surface area contributed by atoms with E-state index in [1.54, 1.807) is 0 Å². The van der Waals surface area contributed by atoms with Gasteiger partial charge in [0.25, 0.3) is 0 Å². The number of benzene rings is 2. The zero-order chi connectivity index (χ0) is 15.2. The number of unbranched alkanes of at least 4 members (excludes halogenated alkanes) is 2. The number of anilines is 3. The molecule has 0 aromatic heterocycles. The maximum Gasteiger partial charge on any atom is 0.0447 e. The summed E-state index contributed by atoms with van der Waals surface area (Å²) < 4.78 is 0. The lowest BCUT2D eigenvalue weighted by atomic mass is 9.96. The Bertz CT molecular complexity index is 588. The standard InChI is InChI=1S/C19H26N2/c1-4-5-7-12-17-15(3)19(14(2)13-18(17)20)21-16-10-8-6-9-11-16/h6,8-11,13,21H,4-5,7,12,20H2,1-3H3. The van der Waals surface area contributed by atoms with Crippen molar-refractivity contribution in [3.8, 4) is 0 Å². The van der Waals surface area contributed by atoms with E-state index in [2.05, 4.69) is 44.3 Å². The molecule has 2 rings (SSSR count). The van der Waals surface area contributed by atoms with Crippen molar-refractivity contribution in [2.24, 2.45) is 0 Å². The SMILES string of the molecule is CCCCCc1c(N)cc(C)c(Nc2ccccc2)c1C. The van der Waals surface area contributed by atoms with Crippen molar-refractivity contribution in [2.45, 2.75) is 46.5 Å². The number of para-hydroxylation sites is 1. The van der Waals surface area contributed by atoms with E-state index < -0.39 is 0 Å². The normalized spacial score (nSPS) is 10.6. The van der Waals surface area contributed by atoms with Crippen LogP contribution in [0.1, 0.15) is 42.9 Å². The molecule has 2 aromatic rings. The molecule has 0 aliphatic carbocycles. The number of rotatable bonds is 6. The molecule has 0 fully saturated rings. The van der Waals surface area contributed by atoms with Crippen LogP contribution in [0, 0.1) is 13.8 Å². The Morgan fingerprint density at radius 1 is 1.05 bits per heavy atom. The van der Waals surface area contributed by atoms with E-state index in [4.69, 9.17) is 5.73 Å². The van der Waals surface area contributed by atoms with Crippen LogP contribution in [-0.4, -0.2) is 0 Å². The summed E-state index contributed by atoms with van der Waals surface area (Å²) in [5.41, 5.74) is 13.3. The largest absolute Gasteiger partial charge is 0.398 e. The molecule has 0 unspecified atom stereocenters. The van der Waals surface area contributed by atoms with E-state index >= 15 is 0 Å². The average Bonchev–Trinajstić information content (AvgIpc) is 2.48. The van der Waals surface area contributed by atoms with Crippen LogP contribution in [0.4, 0.5) is 17.1 Å². The molecule has 0 amide bonds. The first-order valence-corrected chi connectivity index (χ1v) is 7.84. The van der Waals surface area contributed by atoms with Gasteiger partial charge in [-0.3, -0.25) is 0 Å². The average molecular weight is 282 g/mol. The summed E-state index contributed by atoms with van der Waals surface area (Å²) in [7, 11) is 0. The zero-order valence-corrected chi connectivity index (χ0v) is 13.4. The Morgan fingerprint density at radius 3 is 2.43 bits per heavy atom. The topological polar surface area (TPSA) is 38.0 Å². The van der Waals surface area contributed by atoms with Crippen molar-refractivity contribution in [1.29, 1.82) is 0 Å². The molecule has 3 N–H and O–H groups in total. The second-order valence-electron chi connectivity index (χ2n) is 5.71. The van der Waals surface area contributed by atoms with Crippen molar-refractivity contribution in [3.05, 3.63) is 53.1 Å². The Morgan fingerprint density at radius 2 is 1.76 bits per heavy atom.